The maximum atomic E-state index is 4.50. The molecular formula is C19H24N6. The number of hydrogen-bond acceptors (Lipinski definition) is 6. The summed E-state index contributed by atoms with van der Waals surface area (Å²) in [6.45, 7) is 1.96. The highest BCUT2D eigenvalue weighted by Crippen LogP contribution is 2.36. The van der Waals surface area contributed by atoms with Gasteiger partial charge in [-0.2, -0.15) is 5.10 Å². The molecule has 3 heterocycles. The monoisotopic (exact) mass is 336 g/mol. The molecule has 3 aliphatic rings. The molecule has 2 aromatic heterocycles. The van der Waals surface area contributed by atoms with Crippen LogP contribution in [0.15, 0.2) is 18.5 Å². The standard InChI is InChI=1S/C19H24N6/c1-24(18-9-17(20-12-21-18)13-4-2-5-13)15-10-25(11-15)19-8-14-6-3-7-16(14)22-23-19/h8-9,12-13,15H,2-7,10-11H2,1H3. The number of fused-ring (bicyclic) bond motifs is 1. The first kappa shape index (κ1) is 15.0. The molecule has 130 valence electrons. The van der Waals surface area contributed by atoms with Crippen molar-refractivity contribution < 1.29 is 0 Å². The Morgan fingerprint density at radius 1 is 1.04 bits per heavy atom. The summed E-state index contributed by atoms with van der Waals surface area (Å²) in [7, 11) is 2.14. The Kier molecular flexibility index (Phi) is 3.57. The first-order chi connectivity index (χ1) is 12.3. The maximum Gasteiger partial charge on any atom is 0.151 e. The van der Waals surface area contributed by atoms with Crippen LogP contribution in [0.5, 0.6) is 0 Å². The highest BCUT2D eigenvalue weighted by Gasteiger charge is 2.33. The van der Waals surface area contributed by atoms with Crippen LogP contribution in [-0.2, 0) is 12.8 Å². The zero-order valence-corrected chi connectivity index (χ0v) is 14.7. The second kappa shape index (κ2) is 5.93. The molecule has 0 unspecified atom stereocenters. The van der Waals surface area contributed by atoms with E-state index in [0.29, 0.717) is 12.0 Å². The van der Waals surface area contributed by atoms with Crippen LogP contribution in [0.3, 0.4) is 0 Å². The molecule has 0 atom stereocenters. The summed E-state index contributed by atoms with van der Waals surface area (Å²) in [4.78, 5) is 13.6. The minimum absolute atomic E-state index is 0.471. The van der Waals surface area contributed by atoms with Crippen molar-refractivity contribution in [3.8, 4) is 0 Å². The lowest BCUT2D eigenvalue weighted by atomic mass is 9.83. The van der Waals surface area contributed by atoms with Gasteiger partial charge in [-0.25, -0.2) is 9.97 Å². The summed E-state index contributed by atoms with van der Waals surface area (Å²) in [5.74, 6) is 2.72. The SMILES string of the molecule is CN(c1cc(C2CCC2)ncn1)C1CN(c2cc3c(nn2)CCC3)C1. The Balaban J connectivity index is 1.25. The number of nitrogens with zero attached hydrogens (tertiary/aromatic N) is 6. The van der Waals surface area contributed by atoms with Gasteiger partial charge in [0.15, 0.2) is 5.82 Å². The molecule has 1 saturated carbocycles. The van der Waals surface area contributed by atoms with Crippen molar-refractivity contribution in [2.45, 2.75) is 50.5 Å². The van der Waals surface area contributed by atoms with Crippen LogP contribution in [-0.4, -0.2) is 46.3 Å². The van der Waals surface area contributed by atoms with Crippen molar-refractivity contribution in [1.82, 2.24) is 20.2 Å². The summed E-state index contributed by atoms with van der Waals surface area (Å²) in [5, 5.41) is 8.84. The fourth-order valence-corrected chi connectivity index (χ4v) is 4.03. The van der Waals surface area contributed by atoms with Crippen LogP contribution < -0.4 is 9.80 Å². The number of aryl methyl sites for hydroxylation is 2. The molecule has 0 spiro atoms. The number of anilines is 2. The van der Waals surface area contributed by atoms with Gasteiger partial charge in [-0.05, 0) is 43.7 Å². The molecule has 2 aliphatic carbocycles. The molecule has 5 rings (SSSR count). The fraction of sp³-hybridized carbons (Fsp3) is 0.579. The molecule has 0 aromatic carbocycles. The molecule has 2 fully saturated rings. The van der Waals surface area contributed by atoms with E-state index in [-0.39, 0.29) is 0 Å². The van der Waals surface area contributed by atoms with Gasteiger partial charge in [0.25, 0.3) is 0 Å². The van der Waals surface area contributed by atoms with Gasteiger partial charge in [-0.15, -0.1) is 5.10 Å². The molecule has 1 saturated heterocycles. The number of rotatable bonds is 4. The van der Waals surface area contributed by atoms with E-state index in [9.17, 15) is 0 Å². The average Bonchev–Trinajstić information content (AvgIpc) is 3.00. The van der Waals surface area contributed by atoms with E-state index in [0.717, 1.165) is 37.6 Å². The predicted octanol–water partition coefficient (Wildman–Crippen LogP) is 2.35. The van der Waals surface area contributed by atoms with Crippen molar-refractivity contribution in [3.05, 3.63) is 35.4 Å². The highest BCUT2D eigenvalue weighted by atomic mass is 15.4. The van der Waals surface area contributed by atoms with E-state index in [1.807, 2.05) is 0 Å². The minimum atomic E-state index is 0.471. The fourth-order valence-electron chi connectivity index (χ4n) is 4.03. The zero-order chi connectivity index (χ0) is 16.8. The molecule has 0 N–H and O–H groups in total. The summed E-state index contributed by atoms with van der Waals surface area (Å²) >= 11 is 0. The first-order valence-electron chi connectivity index (χ1n) is 9.43. The third kappa shape index (κ3) is 2.64. The third-order valence-corrected chi connectivity index (χ3v) is 6.10. The Hall–Kier alpha value is -2.24. The lowest BCUT2D eigenvalue weighted by Gasteiger charge is -2.45. The van der Waals surface area contributed by atoms with Crippen LogP contribution in [0.2, 0.25) is 0 Å². The molecule has 1 aliphatic heterocycles. The largest absolute Gasteiger partial charge is 0.353 e. The van der Waals surface area contributed by atoms with E-state index in [4.69, 9.17) is 0 Å². The van der Waals surface area contributed by atoms with E-state index < -0.39 is 0 Å². The van der Waals surface area contributed by atoms with Crippen molar-refractivity contribution in [1.29, 1.82) is 0 Å². The first-order valence-corrected chi connectivity index (χ1v) is 9.43. The smallest absolute Gasteiger partial charge is 0.151 e. The minimum Gasteiger partial charge on any atom is -0.353 e. The second-order valence-corrected chi connectivity index (χ2v) is 7.63. The Bertz CT molecular complexity index is 781. The summed E-state index contributed by atoms with van der Waals surface area (Å²) in [6.07, 6.45) is 9.06. The topological polar surface area (TPSA) is 58.0 Å². The van der Waals surface area contributed by atoms with Gasteiger partial charge in [-0.1, -0.05) is 6.42 Å². The summed E-state index contributed by atoms with van der Waals surface area (Å²) in [6, 6.07) is 4.89. The van der Waals surface area contributed by atoms with Crippen LogP contribution in [0.1, 0.15) is 48.6 Å². The molecule has 0 radical (unpaired) electrons. The summed E-state index contributed by atoms with van der Waals surface area (Å²) < 4.78 is 0. The number of hydrogen-bond donors (Lipinski definition) is 0. The van der Waals surface area contributed by atoms with Crippen molar-refractivity contribution >= 4 is 11.6 Å². The van der Waals surface area contributed by atoms with Gasteiger partial charge in [0.05, 0.1) is 11.7 Å². The van der Waals surface area contributed by atoms with E-state index in [1.165, 1.54) is 42.6 Å². The lowest BCUT2D eigenvalue weighted by Crippen LogP contribution is -2.59. The van der Waals surface area contributed by atoms with Gasteiger partial charge in [0.2, 0.25) is 0 Å². The van der Waals surface area contributed by atoms with Crippen LogP contribution in [0.4, 0.5) is 11.6 Å². The van der Waals surface area contributed by atoms with Crippen LogP contribution in [0, 0.1) is 0 Å². The highest BCUT2D eigenvalue weighted by molar-refractivity contribution is 5.50. The molecule has 0 amide bonds. The molecular weight excluding hydrogens is 312 g/mol. The van der Waals surface area contributed by atoms with E-state index in [1.54, 1.807) is 6.33 Å². The van der Waals surface area contributed by atoms with Crippen LogP contribution in [0.25, 0.3) is 0 Å². The molecule has 25 heavy (non-hydrogen) atoms. The predicted molar refractivity (Wildman–Crippen MR) is 97.1 cm³/mol. The molecule has 0 bridgehead atoms. The summed E-state index contributed by atoms with van der Waals surface area (Å²) in [5.41, 5.74) is 3.80. The van der Waals surface area contributed by atoms with E-state index >= 15 is 0 Å². The Labute approximate surface area is 148 Å². The lowest BCUT2D eigenvalue weighted by molar-refractivity contribution is 0.410. The Morgan fingerprint density at radius 2 is 1.92 bits per heavy atom. The van der Waals surface area contributed by atoms with Crippen molar-refractivity contribution in [3.63, 3.8) is 0 Å². The van der Waals surface area contributed by atoms with E-state index in [2.05, 4.69) is 49.1 Å². The third-order valence-electron chi connectivity index (χ3n) is 6.10. The van der Waals surface area contributed by atoms with Crippen molar-refractivity contribution in [2.75, 3.05) is 29.9 Å². The van der Waals surface area contributed by atoms with Crippen molar-refractivity contribution in [2.24, 2.45) is 0 Å². The van der Waals surface area contributed by atoms with Gasteiger partial charge < -0.3 is 9.80 Å². The zero-order valence-electron chi connectivity index (χ0n) is 14.7. The molecule has 6 heteroatoms. The van der Waals surface area contributed by atoms with Gasteiger partial charge in [-0.3, -0.25) is 0 Å². The van der Waals surface area contributed by atoms with Gasteiger partial charge in [0, 0.05) is 37.8 Å². The normalized spacial score (nSPS) is 20.1. The second-order valence-electron chi connectivity index (χ2n) is 7.63. The number of aromatic nitrogens is 4. The van der Waals surface area contributed by atoms with Crippen LogP contribution >= 0.6 is 0 Å². The van der Waals surface area contributed by atoms with Gasteiger partial charge in [0.1, 0.15) is 12.1 Å². The molecule has 2 aromatic rings. The number of likely N-dealkylation sites (N-methyl/N-ethyl adjacent to an activating group) is 1. The molecule has 6 nitrogen and oxygen atoms in total. The van der Waals surface area contributed by atoms with Gasteiger partial charge >= 0.3 is 0 Å². The average molecular weight is 336 g/mol. The quantitative estimate of drug-likeness (QED) is 0.854. The maximum absolute atomic E-state index is 4.50. The Morgan fingerprint density at radius 3 is 2.72 bits per heavy atom.